The third kappa shape index (κ3) is 2.20. The molecule has 0 fully saturated rings. The van der Waals surface area contributed by atoms with Crippen LogP contribution in [0.1, 0.15) is 5.56 Å². The van der Waals surface area contributed by atoms with Gasteiger partial charge in [0.25, 0.3) is 0 Å². The Morgan fingerprint density at radius 1 is 1.82 bits per heavy atom. The topological polar surface area (TPSA) is 66.6 Å². The third-order valence-corrected chi connectivity index (χ3v) is 1.16. The molecule has 1 aromatic heterocycles. The fourth-order valence-electron chi connectivity index (χ4n) is 0.704. The first-order valence-corrected chi connectivity index (χ1v) is 3.04. The summed E-state index contributed by atoms with van der Waals surface area (Å²) in [5.41, 5.74) is 8.76. The van der Waals surface area contributed by atoms with Gasteiger partial charge in [0.2, 0.25) is 5.78 Å². The largest absolute Gasteiger partial charge is 0.472 e. The maximum atomic E-state index is 10.8. The highest BCUT2D eigenvalue weighted by Crippen LogP contribution is 1.99. The van der Waals surface area contributed by atoms with Crippen LogP contribution in [0.2, 0.25) is 0 Å². The minimum atomic E-state index is -0.256. The van der Waals surface area contributed by atoms with Crippen LogP contribution >= 0.6 is 0 Å². The van der Waals surface area contributed by atoms with Gasteiger partial charge in [0.1, 0.15) is 0 Å². The molecule has 0 saturated carbocycles. The van der Waals surface area contributed by atoms with Crippen LogP contribution in [-0.4, -0.2) is 16.8 Å². The van der Waals surface area contributed by atoms with Gasteiger partial charge in [-0.2, -0.15) is 4.79 Å². The predicted octanol–water partition coefficient (Wildman–Crippen LogP) is 0.692. The number of nitrogens with zero attached hydrogens (tertiary/aromatic N) is 2. The van der Waals surface area contributed by atoms with Gasteiger partial charge in [0.05, 0.1) is 12.5 Å². The highest BCUT2D eigenvalue weighted by Gasteiger charge is 2.04. The molecule has 0 amide bonds. The van der Waals surface area contributed by atoms with Gasteiger partial charge in [-0.1, -0.05) is 0 Å². The molecule has 4 nitrogen and oxygen atoms in total. The van der Waals surface area contributed by atoms with Gasteiger partial charge in [0, 0.05) is 6.42 Å². The summed E-state index contributed by atoms with van der Waals surface area (Å²) in [7, 11) is 0. The molecule has 0 aliphatic carbocycles. The number of hydrogen-bond acceptors (Lipinski definition) is 2. The second-order valence-corrected chi connectivity index (χ2v) is 2.02. The Morgan fingerprint density at radius 3 is 3.18 bits per heavy atom. The number of carbonyl (C=O) groups excluding carboxylic acids is 1. The van der Waals surface area contributed by atoms with Crippen molar-refractivity contribution in [2.24, 2.45) is 0 Å². The summed E-state index contributed by atoms with van der Waals surface area (Å²) < 4.78 is 4.73. The van der Waals surface area contributed by atoms with Crippen molar-refractivity contribution in [1.29, 1.82) is 0 Å². The van der Waals surface area contributed by atoms with Gasteiger partial charge in [-0.3, -0.25) is 4.79 Å². The van der Waals surface area contributed by atoms with E-state index in [1.165, 1.54) is 12.5 Å². The summed E-state index contributed by atoms with van der Waals surface area (Å²) in [5.74, 6) is -0.256. The quantitative estimate of drug-likeness (QED) is 0.361. The molecule has 0 saturated heterocycles. The van der Waals surface area contributed by atoms with E-state index in [1.807, 2.05) is 0 Å². The van der Waals surface area contributed by atoms with Crippen LogP contribution in [0.4, 0.5) is 0 Å². The average molecular weight is 150 g/mol. The molecule has 0 atom stereocenters. The van der Waals surface area contributed by atoms with E-state index in [4.69, 9.17) is 9.95 Å². The van der Waals surface area contributed by atoms with E-state index in [0.29, 0.717) is 0 Å². The van der Waals surface area contributed by atoms with Gasteiger partial charge in [0.15, 0.2) is 0 Å². The molecule has 0 aliphatic heterocycles. The van der Waals surface area contributed by atoms with Crippen LogP contribution in [0.3, 0.4) is 0 Å². The van der Waals surface area contributed by atoms with Crippen molar-refractivity contribution in [3.8, 4) is 0 Å². The van der Waals surface area contributed by atoms with Crippen molar-refractivity contribution in [3.63, 3.8) is 0 Å². The van der Waals surface area contributed by atoms with E-state index in [1.54, 1.807) is 6.07 Å². The molecule has 4 heteroatoms. The maximum Gasteiger partial charge on any atom is 0.323 e. The van der Waals surface area contributed by atoms with Crippen LogP contribution in [0.15, 0.2) is 23.0 Å². The lowest BCUT2D eigenvalue weighted by Crippen LogP contribution is -2.02. The zero-order valence-corrected chi connectivity index (χ0v) is 5.73. The van der Waals surface area contributed by atoms with Crippen LogP contribution in [0, 0.1) is 0 Å². The first-order valence-electron chi connectivity index (χ1n) is 3.04. The Kier molecular flexibility index (Phi) is 2.36. The molecule has 0 bridgehead atoms. The number of furan rings is 1. The zero-order chi connectivity index (χ0) is 8.10. The molecule has 1 aromatic rings. The summed E-state index contributed by atoms with van der Waals surface area (Å²) in [6.07, 6.45) is 4.04. The van der Waals surface area contributed by atoms with Gasteiger partial charge >= 0.3 is 6.21 Å². The zero-order valence-electron chi connectivity index (χ0n) is 5.73. The average Bonchev–Trinajstić information content (AvgIpc) is 2.40. The van der Waals surface area contributed by atoms with E-state index in [2.05, 4.69) is 4.79 Å². The number of rotatable bonds is 3. The molecular weight excluding hydrogens is 144 g/mol. The summed E-state index contributed by atoms with van der Waals surface area (Å²) >= 11 is 0. The van der Waals surface area contributed by atoms with E-state index >= 15 is 0 Å². The van der Waals surface area contributed by atoms with Crippen molar-refractivity contribution in [1.82, 2.24) is 0 Å². The summed E-state index contributed by atoms with van der Waals surface area (Å²) in [5, 5.41) is 0. The Balaban J connectivity index is 2.57. The van der Waals surface area contributed by atoms with Crippen molar-refractivity contribution >= 4 is 12.0 Å². The number of Topliss-reactive ketones (excluding diaryl/α,β-unsaturated/α-hetero) is 1. The lowest BCUT2D eigenvalue weighted by Gasteiger charge is -1.82. The van der Waals surface area contributed by atoms with Gasteiger partial charge in [-0.15, -0.1) is 0 Å². The number of hydrogen-bond donors (Lipinski definition) is 0. The Hall–Kier alpha value is -1.67. The van der Waals surface area contributed by atoms with E-state index in [0.717, 1.165) is 11.8 Å². The highest BCUT2D eigenvalue weighted by atomic mass is 16.3. The van der Waals surface area contributed by atoms with Crippen molar-refractivity contribution in [2.45, 2.75) is 6.42 Å². The minimum Gasteiger partial charge on any atom is -0.472 e. The molecular formula is C7H6N2O2. The van der Waals surface area contributed by atoms with Crippen LogP contribution in [-0.2, 0) is 11.2 Å². The van der Waals surface area contributed by atoms with E-state index in [-0.39, 0.29) is 12.2 Å². The third-order valence-electron chi connectivity index (χ3n) is 1.16. The van der Waals surface area contributed by atoms with Crippen LogP contribution in [0.25, 0.3) is 5.53 Å². The normalized spacial score (nSPS) is 8.73. The van der Waals surface area contributed by atoms with Crippen molar-refractivity contribution in [3.05, 3.63) is 29.7 Å². The van der Waals surface area contributed by atoms with Crippen molar-refractivity contribution in [2.75, 3.05) is 0 Å². The molecule has 0 aromatic carbocycles. The molecule has 0 unspecified atom stereocenters. The molecule has 0 N–H and O–H groups in total. The first kappa shape index (κ1) is 7.44. The minimum absolute atomic E-state index is 0.209. The lowest BCUT2D eigenvalue weighted by atomic mass is 10.2. The predicted molar refractivity (Wildman–Crippen MR) is 37.1 cm³/mol. The molecule has 56 valence electrons. The van der Waals surface area contributed by atoms with Gasteiger partial charge in [-0.05, 0) is 11.6 Å². The maximum absolute atomic E-state index is 10.8. The summed E-state index contributed by atoms with van der Waals surface area (Å²) in [6, 6.07) is 1.68. The van der Waals surface area contributed by atoms with E-state index < -0.39 is 0 Å². The van der Waals surface area contributed by atoms with Crippen LogP contribution in [0.5, 0.6) is 0 Å². The molecule has 1 heterocycles. The fraction of sp³-hybridized carbons (Fsp3) is 0.143. The number of ketones is 1. The Morgan fingerprint density at radius 2 is 2.64 bits per heavy atom. The van der Waals surface area contributed by atoms with E-state index in [9.17, 15) is 4.79 Å². The van der Waals surface area contributed by atoms with Gasteiger partial charge < -0.3 is 9.95 Å². The molecule has 11 heavy (non-hydrogen) atoms. The SMILES string of the molecule is [N-]=[N+]=CC(=O)Cc1ccoc1. The first-order chi connectivity index (χ1) is 5.33. The summed E-state index contributed by atoms with van der Waals surface area (Å²) in [4.78, 5) is 13.4. The van der Waals surface area contributed by atoms with Crippen LogP contribution < -0.4 is 0 Å². The fourth-order valence-corrected chi connectivity index (χ4v) is 0.704. The molecule has 0 spiro atoms. The highest BCUT2D eigenvalue weighted by molar-refractivity contribution is 6.25. The van der Waals surface area contributed by atoms with Gasteiger partial charge in [-0.25, -0.2) is 0 Å². The standard InChI is InChI=1S/C7H6N2O2/c8-9-4-7(10)3-6-1-2-11-5-6/h1-2,4-5H,3H2. The molecule has 1 rings (SSSR count). The lowest BCUT2D eigenvalue weighted by molar-refractivity contribution is -0.115. The summed E-state index contributed by atoms with van der Waals surface area (Å²) in [6.45, 7) is 0. The molecule has 0 radical (unpaired) electrons. The molecule has 0 aliphatic rings. The second-order valence-electron chi connectivity index (χ2n) is 2.02. The Bertz CT molecular complexity index is 283. The second kappa shape index (κ2) is 3.49. The number of carbonyl (C=O) groups is 1. The monoisotopic (exact) mass is 150 g/mol. The Labute approximate surface area is 63.1 Å². The van der Waals surface area contributed by atoms with Crippen molar-refractivity contribution < 1.29 is 14.0 Å². The smallest absolute Gasteiger partial charge is 0.323 e.